The van der Waals surface area contributed by atoms with Gasteiger partial charge in [0.15, 0.2) is 0 Å². The first-order chi connectivity index (χ1) is 14.6. The summed E-state index contributed by atoms with van der Waals surface area (Å²) < 4.78 is 5.32. The van der Waals surface area contributed by atoms with Crippen molar-refractivity contribution in [2.75, 3.05) is 20.2 Å². The minimum absolute atomic E-state index is 0.201. The van der Waals surface area contributed by atoms with Crippen LogP contribution in [0.1, 0.15) is 30.9 Å². The van der Waals surface area contributed by atoms with Gasteiger partial charge in [-0.1, -0.05) is 74.0 Å². The summed E-state index contributed by atoms with van der Waals surface area (Å²) in [5, 5.41) is 0. The molecule has 2 aromatic rings. The molecule has 6 heteroatoms. The van der Waals surface area contributed by atoms with Crippen molar-refractivity contribution in [3.8, 4) is 0 Å². The third-order valence-corrected chi connectivity index (χ3v) is 4.80. The molecule has 30 heavy (non-hydrogen) atoms. The third-order valence-electron chi connectivity index (χ3n) is 4.80. The van der Waals surface area contributed by atoms with Crippen molar-refractivity contribution >= 4 is 18.3 Å². The van der Waals surface area contributed by atoms with Crippen LogP contribution in [0.5, 0.6) is 0 Å². The van der Waals surface area contributed by atoms with Gasteiger partial charge in [-0.05, 0) is 17.5 Å². The first-order valence-electron chi connectivity index (χ1n) is 10.3. The van der Waals surface area contributed by atoms with Crippen molar-refractivity contribution in [1.29, 1.82) is 0 Å². The zero-order valence-corrected chi connectivity index (χ0v) is 17.7. The molecule has 0 aliphatic heterocycles. The molecule has 2 rings (SSSR count). The molecule has 0 radical (unpaired) electrons. The molecule has 0 spiro atoms. The van der Waals surface area contributed by atoms with E-state index in [4.69, 9.17) is 4.74 Å². The number of hydrogen-bond donors (Lipinski definition) is 0. The third kappa shape index (κ3) is 7.03. The molecule has 0 unspecified atom stereocenters. The van der Waals surface area contributed by atoms with Gasteiger partial charge in [-0.25, -0.2) is 4.79 Å². The van der Waals surface area contributed by atoms with E-state index in [0.717, 1.165) is 24.0 Å². The lowest BCUT2D eigenvalue weighted by atomic mass is 10.0. The van der Waals surface area contributed by atoms with Crippen LogP contribution in [0.3, 0.4) is 0 Å². The van der Waals surface area contributed by atoms with Gasteiger partial charge < -0.3 is 14.4 Å². The first-order valence-corrected chi connectivity index (χ1v) is 10.3. The van der Waals surface area contributed by atoms with Crippen molar-refractivity contribution < 1.29 is 19.1 Å². The number of carbonyl (C=O) groups is 3. The maximum atomic E-state index is 13.4. The van der Waals surface area contributed by atoms with Crippen LogP contribution in [0, 0.1) is 0 Å². The van der Waals surface area contributed by atoms with Gasteiger partial charge in [0.1, 0.15) is 12.3 Å². The molecule has 0 bridgehead atoms. The second kappa shape index (κ2) is 12.4. The maximum Gasteiger partial charge on any atom is 0.410 e. The fraction of sp³-hybridized carbons (Fsp3) is 0.375. The van der Waals surface area contributed by atoms with E-state index in [1.54, 1.807) is 11.9 Å². The Morgan fingerprint density at radius 1 is 1.00 bits per heavy atom. The van der Waals surface area contributed by atoms with E-state index in [0.29, 0.717) is 19.3 Å². The number of aldehydes is 1. The summed E-state index contributed by atoms with van der Waals surface area (Å²) in [5.74, 6) is -0.239. The van der Waals surface area contributed by atoms with E-state index in [1.165, 1.54) is 4.90 Å². The van der Waals surface area contributed by atoms with E-state index in [-0.39, 0.29) is 19.1 Å². The minimum Gasteiger partial charge on any atom is -0.449 e. The van der Waals surface area contributed by atoms with Crippen LogP contribution in [-0.2, 0) is 27.3 Å². The number of amides is 2. The van der Waals surface area contributed by atoms with Crippen LogP contribution in [0.4, 0.5) is 4.79 Å². The molecule has 2 aromatic carbocycles. The van der Waals surface area contributed by atoms with Gasteiger partial charge in [0, 0.05) is 20.0 Å². The number of unbranched alkanes of at least 4 members (excludes halogenated alkanes) is 1. The second-order valence-corrected chi connectivity index (χ2v) is 7.17. The normalized spacial score (nSPS) is 11.4. The lowest BCUT2D eigenvalue weighted by molar-refractivity contribution is -0.136. The zero-order chi connectivity index (χ0) is 21.8. The van der Waals surface area contributed by atoms with Crippen LogP contribution in [-0.4, -0.2) is 54.3 Å². The molecule has 0 fully saturated rings. The first kappa shape index (κ1) is 23.1. The lowest BCUT2D eigenvalue weighted by Crippen LogP contribution is -2.52. The van der Waals surface area contributed by atoms with Crippen LogP contribution >= 0.6 is 0 Å². The predicted octanol–water partition coefficient (Wildman–Crippen LogP) is 3.69. The number of nitrogens with zero attached hydrogens (tertiary/aromatic N) is 2. The van der Waals surface area contributed by atoms with Crippen molar-refractivity contribution in [3.63, 3.8) is 0 Å². The Morgan fingerprint density at radius 2 is 1.60 bits per heavy atom. The van der Waals surface area contributed by atoms with Crippen LogP contribution in [0.25, 0.3) is 0 Å². The number of ether oxygens (including phenoxy) is 1. The number of likely N-dealkylation sites (N-methyl/N-ethyl adjacent to an activating group) is 1. The SMILES string of the molecule is CCCCOC(=O)N(CC=O)[C@@H](Cc1ccccc1)C(=O)N(C)Cc1ccccc1. The van der Waals surface area contributed by atoms with E-state index in [1.807, 2.05) is 67.6 Å². The van der Waals surface area contributed by atoms with Crippen molar-refractivity contribution in [1.82, 2.24) is 9.80 Å². The Hall–Kier alpha value is -3.15. The molecule has 2 amide bonds. The Morgan fingerprint density at radius 3 is 2.17 bits per heavy atom. The minimum atomic E-state index is -0.833. The Bertz CT molecular complexity index is 795. The van der Waals surface area contributed by atoms with Gasteiger partial charge in [-0.2, -0.15) is 0 Å². The fourth-order valence-electron chi connectivity index (χ4n) is 3.15. The van der Waals surface area contributed by atoms with E-state index in [2.05, 4.69) is 0 Å². The molecule has 0 saturated heterocycles. The summed E-state index contributed by atoms with van der Waals surface area (Å²) in [7, 11) is 1.70. The molecular weight excluding hydrogens is 380 g/mol. The van der Waals surface area contributed by atoms with Crippen LogP contribution in [0.2, 0.25) is 0 Å². The topological polar surface area (TPSA) is 66.9 Å². The molecule has 0 saturated carbocycles. The Labute approximate surface area is 178 Å². The summed E-state index contributed by atoms with van der Waals surface area (Å²) in [5.41, 5.74) is 1.89. The molecule has 0 aliphatic carbocycles. The highest BCUT2D eigenvalue weighted by Gasteiger charge is 2.33. The fourth-order valence-corrected chi connectivity index (χ4v) is 3.15. The molecule has 6 nitrogen and oxygen atoms in total. The van der Waals surface area contributed by atoms with E-state index in [9.17, 15) is 14.4 Å². The monoisotopic (exact) mass is 410 g/mol. The number of rotatable bonds is 11. The highest BCUT2D eigenvalue weighted by atomic mass is 16.6. The zero-order valence-electron chi connectivity index (χ0n) is 17.7. The summed E-state index contributed by atoms with van der Waals surface area (Å²) in [6, 6.07) is 18.3. The Balaban J connectivity index is 2.25. The smallest absolute Gasteiger partial charge is 0.410 e. The molecule has 0 aromatic heterocycles. The molecule has 0 N–H and O–H groups in total. The van der Waals surface area contributed by atoms with Gasteiger partial charge in [0.25, 0.3) is 0 Å². The summed E-state index contributed by atoms with van der Waals surface area (Å²) >= 11 is 0. The van der Waals surface area contributed by atoms with Crippen molar-refractivity contribution in [2.45, 2.75) is 38.8 Å². The van der Waals surface area contributed by atoms with Gasteiger partial charge in [0.2, 0.25) is 5.91 Å². The highest BCUT2D eigenvalue weighted by Crippen LogP contribution is 2.15. The number of carbonyl (C=O) groups excluding carboxylic acids is 3. The summed E-state index contributed by atoms with van der Waals surface area (Å²) in [6.07, 6.45) is 1.90. The molecule has 1 atom stereocenters. The average molecular weight is 411 g/mol. The van der Waals surface area contributed by atoms with Gasteiger partial charge in [-0.15, -0.1) is 0 Å². The summed E-state index contributed by atoms with van der Waals surface area (Å²) in [4.78, 5) is 40.2. The Kier molecular flexibility index (Phi) is 9.58. The molecule has 0 aliphatic rings. The van der Waals surface area contributed by atoms with E-state index >= 15 is 0 Å². The van der Waals surface area contributed by atoms with Gasteiger partial charge in [-0.3, -0.25) is 9.69 Å². The maximum absolute atomic E-state index is 13.4. The van der Waals surface area contributed by atoms with Gasteiger partial charge >= 0.3 is 6.09 Å². The largest absolute Gasteiger partial charge is 0.449 e. The molecule has 0 heterocycles. The van der Waals surface area contributed by atoms with Crippen LogP contribution < -0.4 is 0 Å². The quantitative estimate of drug-likeness (QED) is 0.419. The predicted molar refractivity (Wildman–Crippen MR) is 116 cm³/mol. The van der Waals surface area contributed by atoms with Crippen molar-refractivity contribution in [3.05, 3.63) is 71.8 Å². The van der Waals surface area contributed by atoms with Gasteiger partial charge in [0.05, 0.1) is 13.2 Å². The lowest BCUT2D eigenvalue weighted by Gasteiger charge is -2.32. The van der Waals surface area contributed by atoms with Crippen molar-refractivity contribution in [2.24, 2.45) is 0 Å². The van der Waals surface area contributed by atoms with E-state index < -0.39 is 12.1 Å². The number of hydrogen-bond acceptors (Lipinski definition) is 4. The molecule has 160 valence electrons. The number of benzene rings is 2. The second-order valence-electron chi connectivity index (χ2n) is 7.17. The standard InChI is InChI=1S/C24H30N2O4/c1-3-4-17-30-24(29)26(15-16-27)22(18-20-11-7-5-8-12-20)23(28)25(2)19-21-13-9-6-10-14-21/h5-14,16,22H,3-4,15,17-19H2,1-2H3/t22-/m0/s1. The highest BCUT2D eigenvalue weighted by molar-refractivity contribution is 5.87. The molecular formula is C24H30N2O4. The average Bonchev–Trinajstić information content (AvgIpc) is 2.77. The van der Waals surface area contributed by atoms with Crippen LogP contribution in [0.15, 0.2) is 60.7 Å². The summed E-state index contributed by atoms with van der Waals surface area (Å²) in [6.45, 7) is 2.46.